The zero-order valence-corrected chi connectivity index (χ0v) is 26.3. The smallest absolute Gasteiger partial charge is 0.258 e. The van der Waals surface area contributed by atoms with Crippen LogP contribution in [0, 0.1) is 5.82 Å². The minimum Gasteiger partial charge on any atom is -0.497 e. The molecular formula is C40H31FN4O3. The molecule has 0 aliphatic carbocycles. The highest BCUT2D eigenvalue weighted by atomic mass is 19.1. The van der Waals surface area contributed by atoms with Gasteiger partial charge in [-0.1, -0.05) is 103 Å². The number of hydrogen-bond acceptors (Lipinski definition) is 4. The summed E-state index contributed by atoms with van der Waals surface area (Å²) in [6, 6.07) is 38.5. The lowest BCUT2D eigenvalue weighted by Gasteiger charge is -2.36. The van der Waals surface area contributed by atoms with Gasteiger partial charge in [-0.2, -0.15) is 5.10 Å². The number of rotatable bonds is 9. The molecule has 3 heterocycles. The average Bonchev–Trinajstić information content (AvgIpc) is 3.77. The molecule has 0 unspecified atom stereocenters. The first-order valence-corrected chi connectivity index (χ1v) is 15.4. The number of nitrogens with one attached hydrogen (secondary N) is 1. The van der Waals surface area contributed by atoms with Crippen molar-refractivity contribution in [1.82, 2.24) is 14.2 Å². The number of aromatic nitrogens is 3. The largest absolute Gasteiger partial charge is 0.497 e. The molecule has 8 heteroatoms. The number of ketones is 1. The van der Waals surface area contributed by atoms with Crippen molar-refractivity contribution in [2.75, 3.05) is 12.4 Å². The number of carbonyl (C=O) groups excluding carboxylic acids is 2. The minimum absolute atomic E-state index is 0.0255. The van der Waals surface area contributed by atoms with E-state index in [4.69, 9.17) is 9.84 Å². The van der Waals surface area contributed by atoms with E-state index in [0.717, 1.165) is 16.7 Å². The first-order chi connectivity index (χ1) is 23.4. The van der Waals surface area contributed by atoms with E-state index in [9.17, 15) is 9.59 Å². The normalized spacial score (nSPS) is 11.4. The highest BCUT2D eigenvalue weighted by Gasteiger charge is 2.39. The van der Waals surface area contributed by atoms with Gasteiger partial charge in [0, 0.05) is 41.3 Å². The molecule has 0 atom stereocenters. The third-order valence-corrected chi connectivity index (χ3v) is 8.65. The zero-order chi connectivity index (χ0) is 33.3. The number of methoxy groups -OCH3 is 1. The molecule has 48 heavy (non-hydrogen) atoms. The lowest BCUT2D eigenvalue weighted by Crippen LogP contribution is -2.38. The third kappa shape index (κ3) is 5.13. The maximum atomic E-state index is 16.4. The fourth-order valence-corrected chi connectivity index (χ4v) is 6.40. The maximum absolute atomic E-state index is 16.4. The summed E-state index contributed by atoms with van der Waals surface area (Å²) in [5.74, 6) is -1.00. The van der Waals surface area contributed by atoms with E-state index in [1.807, 2.05) is 65.5 Å². The minimum atomic E-state index is -0.870. The molecule has 0 radical (unpaired) electrons. The third-order valence-electron chi connectivity index (χ3n) is 8.65. The van der Waals surface area contributed by atoms with Crippen LogP contribution in [0.2, 0.25) is 0 Å². The maximum Gasteiger partial charge on any atom is 0.258 e. The predicted octanol–water partition coefficient (Wildman–Crippen LogP) is 8.25. The lowest BCUT2D eigenvalue weighted by molar-refractivity contribution is 0.0987. The number of ether oxygens (including phenoxy) is 1. The van der Waals surface area contributed by atoms with Gasteiger partial charge in [0.25, 0.3) is 5.91 Å². The fourth-order valence-electron chi connectivity index (χ4n) is 6.40. The number of benzene rings is 4. The molecule has 4 aromatic carbocycles. The van der Waals surface area contributed by atoms with Crippen LogP contribution in [0.3, 0.4) is 0 Å². The van der Waals surface area contributed by atoms with E-state index in [2.05, 4.69) is 41.7 Å². The Morgan fingerprint density at radius 3 is 1.96 bits per heavy atom. The van der Waals surface area contributed by atoms with Crippen LogP contribution in [-0.4, -0.2) is 33.0 Å². The van der Waals surface area contributed by atoms with Gasteiger partial charge >= 0.3 is 0 Å². The molecule has 0 saturated heterocycles. The Morgan fingerprint density at radius 2 is 1.40 bits per heavy atom. The molecular weight excluding hydrogens is 603 g/mol. The van der Waals surface area contributed by atoms with Crippen molar-refractivity contribution in [3.05, 3.63) is 180 Å². The van der Waals surface area contributed by atoms with Crippen LogP contribution in [0.25, 0.3) is 16.6 Å². The summed E-state index contributed by atoms with van der Waals surface area (Å²) < 4.78 is 25.3. The van der Waals surface area contributed by atoms with E-state index in [0.29, 0.717) is 16.8 Å². The number of carbonyl (C=O) groups is 2. The first kappa shape index (κ1) is 30.4. The van der Waals surface area contributed by atoms with Crippen LogP contribution in [0.4, 0.5) is 10.1 Å². The van der Waals surface area contributed by atoms with Gasteiger partial charge < -0.3 is 14.5 Å². The summed E-state index contributed by atoms with van der Waals surface area (Å²) in [4.78, 5) is 26.3. The second-order valence-electron chi connectivity index (χ2n) is 11.4. The van der Waals surface area contributed by atoms with Gasteiger partial charge in [0.2, 0.25) is 0 Å². The highest BCUT2D eigenvalue weighted by Crippen LogP contribution is 2.41. The molecule has 0 fully saturated rings. The Morgan fingerprint density at radius 1 is 0.792 bits per heavy atom. The van der Waals surface area contributed by atoms with Gasteiger partial charge in [0.15, 0.2) is 11.6 Å². The molecule has 7 aromatic rings. The van der Waals surface area contributed by atoms with Crippen LogP contribution < -0.4 is 10.1 Å². The Kier molecular flexibility index (Phi) is 7.90. The van der Waals surface area contributed by atoms with E-state index >= 15 is 4.39 Å². The van der Waals surface area contributed by atoms with Gasteiger partial charge in [0.05, 0.1) is 30.1 Å². The molecule has 7 nitrogen and oxygen atoms in total. The molecule has 0 spiro atoms. The van der Waals surface area contributed by atoms with Gasteiger partial charge in [0.1, 0.15) is 11.3 Å². The summed E-state index contributed by atoms with van der Waals surface area (Å²) in [6.45, 7) is 1.39. The number of anilines is 1. The summed E-state index contributed by atoms with van der Waals surface area (Å²) in [5.41, 5.74) is 3.66. The van der Waals surface area contributed by atoms with E-state index in [1.54, 1.807) is 47.3 Å². The number of hydrogen-bond donors (Lipinski definition) is 1. The summed E-state index contributed by atoms with van der Waals surface area (Å²) in [6.07, 6.45) is 6.76. The molecule has 3 aromatic heterocycles. The number of amides is 1. The molecule has 0 bridgehead atoms. The molecule has 0 saturated carbocycles. The number of halogens is 1. The second-order valence-corrected chi connectivity index (χ2v) is 11.4. The number of Topliss-reactive ketones (excluding diaryl/α,β-unsaturated/α-hetero) is 1. The summed E-state index contributed by atoms with van der Waals surface area (Å²) in [7, 11) is 1.52. The summed E-state index contributed by atoms with van der Waals surface area (Å²) in [5, 5.41) is 7.57. The number of nitrogens with zero attached hydrogens (tertiary/aromatic N) is 3. The second kappa shape index (κ2) is 12.5. The van der Waals surface area contributed by atoms with Gasteiger partial charge in [-0.05, 0) is 35.7 Å². The molecule has 7 rings (SSSR count). The Bertz CT molecular complexity index is 2160. The Balaban J connectivity index is 1.32. The fraction of sp³-hybridized carbons (Fsp3) is 0.0750. The van der Waals surface area contributed by atoms with Gasteiger partial charge in [-0.25, -0.2) is 4.39 Å². The lowest BCUT2D eigenvalue weighted by atomic mass is 9.77. The monoisotopic (exact) mass is 634 g/mol. The van der Waals surface area contributed by atoms with Crippen molar-refractivity contribution < 1.29 is 18.7 Å². The molecule has 236 valence electrons. The molecule has 0 aliphatic rings. The van der Waals surface area contributed by atoms with Crippen molar-refractivity contribution in [2.45, 2.75) is 12.5 Å². The predicted molar refractivity (Wildman–Crippen MR) is 184 cm³/mol. The molecule has 1 N–H and O–H groups in total. The topological polar surface area (TPSA) is 77.6 Å². The van der Waals surface area contributed by atoms with Crippen LogP contribution in [0.5, 0.6) is 5.75 Å². The van der Waals surface area contributed by atoms with Crippen molar-refractivity contribution in [1.29, 1.82) is 0 Å². The van der Waals surface area contributed by atoms with Crippen molar-refractivity contribution in [3.8, 4) is 16.9 Å². The van der Waals surface area contributed by atoms with Crippen LogP contribution >= 0.6 is 0 Å². The van der Waals surface area contributed by atoms with Crippen LogP contribution in [-0.2, 0) is 5.54 Å². The van der Waals surface area contributed by atoms with Crippen molar-refractivity contribution >= 4 is 22.9 Å². The number of pyridine rings is 1. The SMILES string of the molecule is COc1ccn2cc(C(C)=O)c(C(=O)Nc3cccc(-c4cnn(C(c5ccccc5)(c5ccccc5)c5ccccc5)c4)c3F)c2c1. The van der Waals surface area contributed by atoms with Crippen LogP contribution in [0.15, 0.2) is 146 Å². The van der Waals surface area contributed by atoms with Crippen molar-refractivity contribution in [2.24, 2.45) is 0 Å². The molecule has 0 aliphatic heterocycles. The molecule has 1 amide bonds. The van der Waals surface area contributed by atoms with E-state index in [-0.39, 0.29) is 28.2 Å². The van der Waals surface area contributed by atoms with Crippen LogP contribution in [0.1, 0.15) is 44.3 Å². The van der Waals surface area contributed by atoms with Gasteiger partial charge in [-0.15, -0.1) is 0 Å². The Hall–Kier alpha value is -6.28. The summed E-state index contributed by atoms with van der Waals surface area (Å²) >= 11 is 0. The highest BCUT2D eigenvalue weighted by molar-refractivity contribution is 6.16. The first-order valence-electron chi connectivity index (χ1n) is 15.4. The number of fused-ring (bicyclic) bond motifs is 1. The van der Waals surface area contributed by atoms with Gasteiger partial charge in [-0.3, -0.25) is 14.3 Å². The van der Waals surface area contributed by atoms with E-state index < -0.39 is 17.3 Å². The Labute approximate surface area is 276 Å². The quantitative estimate of drug-likeness (QED) is 0.128. The standard InChI is InChI=1S/C40H31FN4O3/c1-27(46)34-26-44-22-21-32(48-2)23-36(44)37(34)39(47)43-35-20-12-19-33(38(35)41)28-24-42-45(25-28)40(29-13-6-3-7-14-29,30-15-8-4-9-16-30)31-17-10-5-11-18-31/h3-26H,1-2H3,(H,43,47). The zero-order valence-electron chi connectivity index (χ0n) is 26.3. The average molecular weight is 635 g/mol. The van der Waals surface area contributed by atoms with Crippen molar-refractivity contribution in [3.63, 3.8) is 0 Å². The van der Waals surface area contributed by atoms with E-state index in [1.165, 1.54) is 20.1 Å².